The highest BCUT2D eigenvalue weighted by Gasteiger charge is 2.10. The quantitative estimate of drug-likeness (QED) is 0.535. The van der Waals surface area contributed by atoms with Crippen LogP contribution >= 0.6 is 11.8 Å². The second-order valence-electron chi connectivity index (χ2n) is 2.05. The summed E-state index contributed by atoms with van der Waals surface area (Å²) in [4.78, 5) is 0. The lowest BCUT2D eigenvalue weighted by Gasteiger charge is -1.96. The molecule has 1 aliphatic rings. The maximum absolute atomic E-state index is 8.62. The maximum Gasteiger partial charge on any atom is 0.0585 e. The van der Waals surface area contributed by atoms with Crippen LogP contribution in [0.5, 0.6) is 0 Å². The summed E-state index contributed by atoms with van der Waals surface area (Å²) in [5.41, 5.74) is 1.40. The molecule has 0 aromatic heterocycles. The predicted molar refractivity (Wildman–Crippen MR) is 37.1 cm³/mol. The van der Waals surface area contributed by atoms with Gasteiger partial charge in [-0.2, -0.15) is 0 Å². The van der Waals surface area contributed by atoms with Gasteiger partial charge in [-0.05, 0) is 6.92 Å². The molecule has 1 nitrogen and oxygen atoms in total. The fourth-order valence-electron chi connectivity index (χ4n) is 0.757. The Labute approximate surface area is 53.8 Å². The van der Waals surface area contributed by atoms with Crippen molar-refractivity contribution in [3.8, 4) is 0 Å². The molecule has 1 atom stereocenters. The Morgan fingerprint density at radius 1 is 2.00 bits per heavy atom. The van der Waals surface area contributed by atoms with Crippen LogP contribution in [0.25, 0.3) is 0 Å². The molecule has 0 aromatic rings. The van der Waals surface area contributed by atoms with E-state index in [0.717, 1.165) is 5.75 Å². The molecular weight excluding hydrogens is 120 g/mol. The molecule has 1 heterocycles. The molecule has 1 aliphatic heterocycles. The van der Waals surface area contributed by atoms with Gasteiger partial charge in [0.2, 0.25) is 0 Å². The summed E-state index contributed by atoms with van der Waals surface area (Å²) >= 11 is 1.81. The fourth-order valence-corrected chi connectivity index (χ4v) is 1.76. The van der Waals surface area contributed by atoms with Crippen molar-refractivity contribution in [2.45, 2.75) is 12.2 Å². The first-order valence-corrected chi connectivity index (χ1v) is 3.77. The lowest BCUT2D eigenvalue weighted by molar-refractivity contribution is 0.307. The first-order chi connectivity index (χ1) is 3.83. The Morgan fingerprint density at radius 2 is 2.75 bits per heavy atom. The molecule has 0 bridgehead atoms. The van der Waals surface area contributed by atoms with Crippen molar-refractivity contribution < 1.29 is 5.11 Å². The third-order valence-electron chi connectivity index (χ3n) is 1.18. The van der Waals surface area contributed by atoms with E-state index < -0.39 is 0 Å². The van der Waals surface area contributed by atoms with Crippen LogP contribution in [-0.2, 0) is 0 Å². The van der Waals surface area contributed by atoms with Crippen LogP contribution < -0.4 is 0 Å². The van der Waals surface area contributed by atoms with Crippen LogP contribution in [-0.4, -0.2) is 22.7 Å². The summed E-state index contributed by atoms with van der Waals surface area (Å²) in [6, 6.07) is 0. The molecule has 0 fully saturated rings. The first-order valence-electron chi connectivity index (χ1n) is 2.72. The van der Waals surface area contributed by atoms with E-state index in [-0.39, 0.29) is 0 Å². The molecule has 46 valence electrons. The van der Waals surface area contributed by atoms with Crippen molar-refractivity contribution in [3.63, 3.8) is 0 Å². The average Bonchev–Trinajstić information content (AvgIpc) is 2.14. The van der Waals surface area contributed by atoms with E-state index in [1.807, 2.05) is 11.8 Å². The van der Waals surface area contributed by atoms with Gasteiger partial charge in [-0.25, -0.2) is 0 Å². The predicted octanol–water partition coefficient (Wildman–Crippen LogP) is 1.04. The van der Waals surface area contributed by atoms with Crippen LogP contribution in [0.3, 0.4) is 0 Å². The smallest absolute Gasteiger partial charge is 0.0585 e. The Morgan fingerprint density at radius 3 is 3.00 bits per heavy atom. The number of rotatable bonds is 1. The molecule has 1 unspecified atom stereocenters. The summed E-state index contributed by atoms with van der Waals surface area (Å²) in [7, 11) is 0. The van der Waals surface area contributed by atoms with Gasteiger partial charge in [-0.1, -0.05) is 11.6 Å². The van der Waals surface area contributed by atoms with Gasteiger partial charge >= 0.3 is 0 Å². The first kappa shape index (κ1) is 6.17. The van der Waals surface area contributed by atoms with Crippen molar-refractivity contribution in [3.05, 3.63) is 11.6 Å². The monoisotopic (exact) mass is 130 g/mol. The van der Waals surface area contributed by atoms with Gasteiger partial charge < -0.3 is 5.11 Å². The fraction of sp³-hybridized carbons (Fsp3) is 0.667. The second kappa shape index (κ2) is 2.55. The summed E-state index contributed by atoms with van der Waals surface area (Å²) in [6.45, 7) is 2.39. The largest absolute Gasteiger partial charge is 0.395 e. The van der Waals surface area contributed by atoms with E-state index in [1.165, 1.54) is 5.57 Å². The zero-order valence-electron chi connectivity index (χ0n) is 4.92. The number of hydrogen-bond donors (Lipinski definition) is 1. The normalized spacial score (nSPS) is 28.2. The second-order valence-corrected chi connectivity index (χ2v) is 3.27. The zero-order valence-corrected chi connectivity index (χ0v) is 5.74. The summed E-state index contributed by atoms with van der Waals surface area (Å²) in [6.07, 6.45) is 2.13. The van der Waals surface area contributed by atoms with Crippen LogP contribution in [0.4, 0.5) is 0 Å². The molecule has 0 saturated carbocycles. The number of thioether (sulfide) groups is 1. The standard InChI is InChI=1S/C6H10OS/c1-5-2-6(3-7)8-4-5/h2,6-7H,3-4H2,1H3. The van der Waals surface area contributed by atoms with Gasteiger partial charge in [0.15, 0.2) is 0 Å². The van der Waals surface area contributed by atoms with Gasteiger partial charge in [-0.15, -0.1) is 11.8 Å². The molecule has 0 amide bonds. The average molecular weight is 130 g/mol. The number of hydrogen-bond acceptors (Lipinski definition) is 2. The highest BCUT2D eigenvalue weighted by molar-refractivity contribution is 8.00. The van der Waals surface area contributed by atoms with Crippen LogP contribution in [0.1, 0.15) is 6.92 Å². The van der Waals surface area contributed by atoms with E-state index in [0.29, 0.717) is 11.9 Å². The van der Waals surface area contributed by atoms with Gasteiger partial charge in [-0.3, -0.25) is 0 Å². The topological polar surface area (TPSA) is 20.2 Å². The highest BCUT2D eigenvalue weighted by Crippen LogP contribution is 2.23. The van der Waals surface area contributed by atoms with Crippen molar-refractivity contribution in [1.82, 2.24) is 0 Å². The molecule has 0 saturated heterocycles. The van der Waals surface area contributed by atoms with Gasteiger partial charge in [0.05, 0.1) is 6.61 Å². The Balaban J connectivity index is 2.41. The number of aliphatic hydroxyl groups is 1. The van der Waals surface area contributed by atoms with E-state index >= 15 is 0 Å². The van der Waals surface area contributed by atoms with Gasteiger partial charge in [0.25, 0.3) is 0 Å². The highest BCUT2D eigenvalue weighted by atomic mass is 32.2. The number of aliphatic hydroxyl groups excluding tert-OH is 1. The van der Waals surface area contributed by atoms with E-state index in [2.05, 4.69) is 13.0 Å². The molecule has 0 radical (unpaired) electrons. The van der Waals surface area contributed by atoms with E-state index in [4.69, 9.17) is 5.11 Å². The van der Waals surface area contributed by atoms with Crippen molar-refractivity contribution >= 4 is 11.8 Å². The SMILES string of the molecule is CC1=CC(CO)SC1. The Kier molecular flexibility index (Phi) is 1.97. The lowest BCUT2D eigenvalue weighted by atomic mass is 10.3. The lowest BCUT2D eigenvalue weighted by Crippen LogP contribution is -1.99. The molecular formula is C6H10OS. The molecule has 8 heavy (non-hydrogen) atoms. The molecule has 0 aliphatic carbocycles. The zero-order chi connectivity index (χ0) is 5.98. The van der Waals surface area contributed by atoms with Crippen LogP contribution in [0.15, 0.2) is 11.6 Å². The van der Waals surface area contributed by atoms with E-state index in [9.17, 15) is 0 Å². The third kappa shape index (κ3) is 1.26. The molecule has 0 spiro atoms. The molecule has 0 aromatic carbocycles. The summed E-state index contributed by atoms with van der Waals surface area (Å²) in [5, 5.41) is 9.00. The van der Waals surface area contributed by atoms with Crippen molar-refractivity contribution in [2.75, 3.05) is 12.4 Å². The maximum atomic E-state index is 8.62. The molecule has 1 rings (SSSR count). The van der Waals surface area contributed by atoms with Crippen molar-refractivity contribution in [2.24, 2.45) is 0 Å². The molecule has 2 heteroatoms. The van der Waals surface area contributed by atoms with Crippen LogP contribution in [0, 0.1) is 0 Å². The summed E-state index contributed by atoms with van der Waals surface area (Å²) < 4.78 is 0. The Bertz CT molecular complexity index is 109. The van der Waals surface area contributed by atoms with E-state index in [1.54, 1.807) is 0 Å². The van der Waals surface area contributed by atoms with Gasteiger partial charge in [0.1, 0.15) is 0 Å². The Hall–Kier alpha value is 0.0500. The summed E-state index contributed by atoms with van der Waals surface area (Å²) in [5.74, 6) is 1.10. The van der Waals surface area contributed by atoms with Gasteiger partial charge in [0, 0.05) is 11.0 Å². The minimum atomic E-state index is 0.294. The third-order valence-corrected chi connectivity index (χ3v) is 2.51. The minimum absolute atomic E-state index is 0.294. The molecule has 1 N–H and O–H groups in total. The van der Waals surface area contributed by atoms with Crippen LogP contribution in [0.2, 0.25) is 0 Å². The van der Waals surface area contributed by atoms with Crippen molar-refractivity contribution in [1.29, 1.82) is 0 Å². The minimum Gasteiger partial charge on any atom is -0.395 e.